The zero-order valence-corrected chi connectivity index (χ0v) is 16.8. The Hall–Kier alpha value is -3.25. The van der Waals surface area contributed by atoms with Gasteiger partial charge < -0.3 is 19.1 Å². The monoisotopic (exact) mass is 413 g/mol. The summed E-state index contributed by atoms with van der Waals surface area (Å²) in [5.41, 5.74) is 2.13. The standard InChI is InChI=1S/C22H20ClNO5/c1-3-29-22(27)19(26)11-18(25)16-13-24(12-14-6-4-7-15(23)10-14)17-8-5-9-20(28-2)21(16)17/h4-11,13,25H,3,12H2,1-2H3/b18-11-. The summed E-state index contributed by atoms with van der Waals surface area (Å²) < 4.78 is 12.0. The summed E-state index contributed by atoms with van der Waals surface area (Å²) in [7, 11) is 1.53. The number of carbonyl (C=O) groups is 2. The van der Waals surface area contributed by atoms with Crippen LogP contribution >= 0.6 is 11.6 Å². The Morgan fingerprint density at radius 3 is 2.66 bits per heavy atom. The van der Waals surface area contributed by atoms with Gasteiger partial charge in [0.05, 0.1) is 24.6 Å². The van der Waals surface area contributed by atoms with Gasteiger partial charge in [-0.3, -0.25) is 4.79 Å². The highest BCUT2D eigenvalue weighted by molar-refractivity contribution is 6.39. The number of benzene rings is 2. The van der Waals surface area contributed by atoms with Gasteiger partial charge in [0.1, 0.15) is 11.5 Å². The van der Waals surface area contributed by atoms with Gasteiger partial charge in [-0.25, -0.2) is 4.79 Å². The maximum absolute atomic E-state index is 12.0. The minimum atomic E-state index is -1.02. The lowest BCUT2D eigenvalue weighted by Gasteiger charge is -2.07. The molecule has 6 nitrogen and oxygen atoms in total. The van der Waals surface area contributed by atoms with E-state index in [1.807, 2.05) is 34.9 Å². The average Bonchev–Trinajstić information content (AvgIpc) is 3.07. The van der Waals surface area contributed by atoms with Gasteiger partial charge in [0.25, 0.3) is 5.78 Å². The molecule has 0 fully saturated rings. The first-order valence-electron chi connectivity index (χ1n) is 8.97. The highest BCUT2D eigenvalue weighted by Gasteiger charge is 2.19. The van der Waals surface area contributed by atoms with E-state index in [0.29, 0.717) is 28.3 Å². The van der Waals surface area contributed by atoms with E-state index in [1.165, 1.54) is 7.11 Å². The van der Waals surface area contributed by atoms with Gasteiger partial charge in [-0.2, -0.15) is 0 Å². The predicted molar refractivity (Wildman–Crippen MR) is 111 cm³/mol. The molecule has 0 aliphatic heterocycles. The third-order valence-corrected chi connectivity index (χ3v) is 4.59. The van der Waals surface area contributed by atoms with E-state index in [1.54, 1.807) is 25.3 Å². The number of hydrogen-bond acceptors (Lipinski definition) is 5. The van der Waals surface area contributed by atoms with E-state index in [4.69, 9.17) is 16.3 Å². The molecule has 0 spiro atoms. The third-order valence-electron chi connectivity index (χ3n) is 4.35. The van der Waals surface area contributed by atoms with Gasteiger partial charge in [-0.05, 0) is 36.8 Å². The van der Waals surface area contributed by atoms with Crippen molar-refractivity contribution in [3.05, 3.63) is 70.9 Å². The highest BCUT2D eigenvalue weighted by atomic mass is 35.5. The number of aromatic nitrogens is 1. The Balaban J connectivity index is 2.09. The predicted octanol–water partition coefficient (Wildman–Crippen LogP) is 4.38. The molecule has 2 aromatic carbocycles. The maximum Gasteiger partial charge on any atom is 0.379 e. The van der Waals surface area contributed by atoms with E-state index >= 15 is 0 Å². The largest absolute Gasteiger partial charge is 0.507 e. The van der Waals surface area contributed by atoms with Crippen molar-refractivity contribution in [3.8, 4) is 5.75 Å². The number of ketones is 1. The lowest BCUT2D eigenvalue weighted by molar-refractivity contribution is -0.151. The minimum absolute atomic E-state index is 0.0753. The van der Waals surface area contributed by atoms with Gasteiger partial charge in [-0.1, -0.05) is 29.8 Å². The molecule has 0 aliphatic rings. The molecule has 3 rings (SSSR count). The first-order valence-corrected chi connectivity index (χ1v) is 9.34. The van der Waals surface area contributed by atoms with Crippen molar-refractivity contribution in [1.29, 1.82) is 0 Å². The second-order valence-corrected chi connectivity index (χ2v) is 6.71. The molecule has 0 amide bonds. The Kier molecular flexibility index (Phi) is 6.24. The van der Waals surface area contributed by atoms with Crippen molar-refractivity contribution >= 4 is 40.0 Å². The number of ether oxygens (including phenoxy) is 2. The minimum Gasteiger partial charge on any atom is -0.507 e. The molecule has 0 radical (unpaired) electrons. The van der Waals surface area contributed by atoms with E-state index < -0.39 is 11.8 Å². The van der Waals surface area contributed by atoms with E-state index in [9.17, 15) is 14.7 Å². The summed E-state index contributed by atoms with van der Waals surface area (Å²) in [4.78, 5) is 23.6. The maximum atomic E-state index is 12.0. The van der Waals surface area contributed by atoms with Gasteiger partial charge in [0.2, 0.25) is 0 Å². The molecule has 0 saturated carbocycles. The summed E-state index contributed by atoms with van der Waals surface area (Å²) in [6, 6.07) is 12.9. The summed E-state index contributed by atoms with van der Waals surface area (Å²) in [5.74, 6) is -1.77. The SMILES string of the molecule is CCOC(=O)C(=O)/C=C(\O)c1cn(Cc2cccc(Cl)c2)c2cccc(OC)c12. The number of carbonyl (C=O) groups excluding carboxylic acids is 2. The summed E-state index contributed by atoms with van der Waals surface area (Å²) in [6.07, 6.45) is 2.57. The molecule has 7 heteroatoms. The second-order valence-electron chi connectivity index (χ2n) is 6.27. The lowest BCUT2D eigenvalue weighted by Crippen LogP contribution is -2.15. The molecule has 0 atom stereocenters. The summed E-state index contributed by atoms with van der Waals surface area (Å²) >= 11 is 6.09. The molecule has 0 bridgehead atoms. The van der Waals surface area contributed by atoms with Crippen LogP contribution in [0.5, 0.6) is 5.75 Å². The zero-order chi connectivity index (χ0) is 21.0. The number of fused-ring (bicyclic) bond motifs is 1. The summed E-state index contributed by atoms with van der Waals surface area (Å²) in [6.45, 7) is 2.17. The quantitative estimate of drug-likeness (QED) is 0.269. The number of aliphatic hydroxyl groups excluding tert-OH is 1. The number of esters is 1. The highest BCUT2D eigenvalue weighted by Crippen LogP contribution is 2.34. The van der Waals surface area contributed by atoms with Crippen LogP contribution in [-0.4, -0.2) is 35.1 Å². The van der Waals surface area contributed by atoms with Gasteiger partial charge in [0.15, 0.2) is 0 Å². The van der Waals surface area contributed by atoms with E-state index in [0.717, 1.165) is 17.2 Å². The normalized spacial score (nSPS) is 11.5. The Morgan fingerprint density at radius 2 is 1.97 bits per heavy atom. The molecule has 1 N–H and O–H groups in total. The van der Waals surface area contributed by atoms with Crippen LogP contribution in [0.15, 0.2) is 54.7 Å². The molecule has 3 aromatic rings. The number of rotatable bonds is 7. The van der Waals surface area contributed by atoms with Crippen molar-refractivity contribution in [2.24, 2.45) is 0 Å². The van der Waals surface area contributed by atoms with E-state index in [-0.39, 0.29) is 12.4 Å². The van der Waals surface area contributed by atoms with Gasteiger partial charge >= 0.3 is 5.97 Å². The fourth-order valence-electron chi connectivity index (χ4n) is 3.11. The second kappa shape index (κ2) is 8.84. The van der Waals surface area contributed by atoms with E-state index in [2.05, 4.69) is 4.74 Å². The Labute approximate surface area is 172 Å². The fraction of sp³-hybridized carbons (Fsp3) is 0.182. The van der Waals surface area contributed by atoms with Crippen molar-refractivity contribution in [2.45, 2.75) is 13.5 Å². The van der Waals surface area contributed by atoms with Crippen LogP contribution in [0.1, 0.15) is 18.1 Å². The van der Waals surface area contributed by atoms with Gasteiger partial charge in [-0.15, -0.1) is 0 Å². The fourth-order valence-corrected chi connectivity index (χ4v) is 3.32. The van der Waals surface area contributed by atoms with Crippen molar-refractivity contribution in [2.75, 3.05) is 13.7 Å². The molecular formula is C22H20ClNO5. The number of hydrogen-bond donors (Lipinski definition) is 1. The zero-order valence-electron chi connectivity index (χ0n) is 16.0. The number of halogens is 1. The van der Waals surface area contributed by atoms with Crippen LogP contribution < -0.4 is 4.74 Å². The molecule has 29 heavy (non-hydrogen) atoms. The summed E-state index contributed by atoms with van der Waals surface area (Å²) in [5, 5.41) is 11.8. The number of nitrogens with zero attached hydrogens (tertiary/aromatic N) is 1. The van der Waals surface area contributed by atoms with Crippen LogP contribution in [0, 0.1) is 0 Å². The molecule has 150 valence electrons. The van der Waals surface area contributed by atoms with Crippen LogP contribution in [0.2, 0.25) is 5.02 Å². The first kappa shape index (κ1) is 20.5. The van der Waals surface area contributed by atoms with Crippen LogP contribution in [0.4, 0.5) is 0 Å². The van der Waals surface area contributed by atoms with Crippen molar-refractivity contribution < 1.29 is 24.2 Å². The van der Waals surface area contributed by atoms with Crippen LogP contribution in [0.3, 0.4) is 0 Å². The van der Waals surface area contributed by atoms with Crippen LogP contribution in [0.25, 0.3) is 16.7 Å². The van der Waals surface area contributed by atoms with Gasteiger partial charge in [0, 0.05) is 29.4 Å². The van der Waals surface area contributed by atoms with Crippen LogP contribution in [-0.2, 0) is 20.9 Å². The Bertz CT molecular complexity index is 1100. The third kappa shape index (κ3) is 4.43. The number of aliphatic hydroxyl groups is 1. The lowest BCUT2D eigenvalue weighted by atomic mass is 10.1. The molecule has 1 heterocycles. The smallest absolute Gasteiger partial charge is 0.379 e. The molecule has 0 saturated heterocycles. The first-order chi connectivity index (χ1) is 13.9. The van der Waals surface area contributed by atoms with Crippen molar-refractivity contribution in [1.82, 2.24) is 4.57 Å². The topological polar surface area (TPSA) is 77.8 Å². The molecular weight excluding hydrogens is 394 g/mol. The molecule has 0 aliphatic carbocycles. The average molecular weight is 414 g/mol. The number of methoxy groups -OCH3 is 1. The van der Waals surface area contributed by atoms with Crippen molar-refractivity contribution in [3.63, 3.8) is 0 Å². The Morgan fingerprint density at radius 1 is 1.21 bits per heavy atom. The molecule has 1 aromatic heterocycles. The molecule has 0 unspecified atom stereocenters.